The summed E-state index contributed by atoms with van der Waals surface area (Å²) in [7, 11) is 1.05. The number of ether oxygens (including phenoxy) is 1. The monoisotopic (exact) mass is 385 g/mol. The summed E-state index contributed by atoms with van der Waals surface area (Å²) in [5.74, 6) is -2.53. The van der Waals surface area contributed by atoms with Crippen molar-refractivity contribution in [3.63, 3.8) is 0 Å². The van der Waals surface area contributed by atoms with Crippen molar-refractivity contribution in [3.05, 3.63) is 34.9 Å². The lowest BCUT2D eigenvalue weighted by molar-refractivity contribution is -0.145. The molecule has 26 heavy (non-hydrogen) atoms. The minimum atomic E-state index is -5.07. The number of nitrogens with one attached hydrogen (secondary N) is 1. The molecule has 10 heteroatoms. The van der Waals surface area contributed by atoms with Crippen molar-refractivity contribution in [3.8, 4) is 0 Å². The van der Waals surface area contributed by atoms with Crippen LogP contribution in [0.2, 0.25) is 0 Å². The Morgan fingerprint density at radius 3 is 1.85 bits per heavy atom. The third kappa shape index (κ3) is 5.37. The van der Waals surface area contributed by atoms with Gasteiger partial charge in [-0.05, 0) is 24.1 Å². The highest BCUT2D eigenvalue weighted by atomic mass is 19.4. The van der Waals surface area contributed by atoms with E-state index in [-0.39, 0.29) is 6.07 Å². The Labute approximate surface area is 145 Å². The van der Waals surface area contributed by atoms with Crippen LogP contribution in [0.25, 0.3) is 0 Å². The van der Waals surface area contributed by atoms with E-state index >= 15 is 0 Å². The van der Waals surface area contributed by atoms with Gasteiger partial charge in [0.2, 0.25) is 0 Å². The molecule has 0 bridgehead atoms. The Hall–Kier alpha value is -2.26. The predicted molar refractivity (Wildman–Crippen MR) is 79.2 cm³/mol. The summed E-state index contributed by atoms with van der Waals surface area (Å²) in [5.41, 5.74) is -4.09. The number of hydrogen-bond donors (Lipinski definition) is 1. The highest BCUT2D eigenvalue weighted by molar-refractivity contribution is 5.97. The molecule has 1 aromatic carbocycles. The highest BCUT2D eigenvalue weighted by Crippen LogP contribution is 2.36. The summed E-state index contributed by atoms with van der Waals surface area (Å²) in [6.45, 7) is 3.27. The molecule has 0 aliphatic rings. The van der Waals surface area contributed by atoms with Gasteiger partial charge in [-0.25, -0.2) is 4.79 Å². The molecule has 0 saturated carbocycles. The van der Waals surface area contributed by atoms with Crippen molar-refractivity contribution in [2.24, 2.45) is 5.92 Å². The van der Waals surface area contributed by atoms with E-state index in [4.69, 9.17) is 0 Å². The first-order valence-corrected chi connectivity index (χ1v) is 7.49. The number of carbonyl (C=O) groups is 2. The molecule has 0 unspecified atom stereocenters. The molecule has 0 spiro atoms. The Kier molecular flexibility index (Phi) is 6.67. The molecule has 0 saturated heterocycles. The van der Waals surface area contributed by atoms with E-state index in [9.17, 15) is 35.9 Å². The molecule has 2 atom stereocenters. The molecule has 0 aliphatic carbocycles. The Morgan fingerprint density at radius 1 is 1.04 bits per heavy atom. The average Bonchev–Trinajstić information content (AvgIpc) is 2.56. The second-order valence-corrected chi connectivity index (χ2v) is 5.65. The summed E-state index contributed by atoms with van der Waals surface area (Å²) in [6.07, 6.45) is -9.74. The van der Waals surface area contributed by atoms with Crippen LogP contribution in [0.5, 0.6) is 0 Å². The minimum absolute atomic E-state index is 0.0801. The first-order chi connectivity index (χ1) is 11.8. The zero-order valence-electron chi connectivity index (χ0n) is 14.1. The van der Waals surface area contributed by atoms with Gasteiger partial charge < -0.3 is 10.1 Å². The zero-order chi connectivity index (χ0) is 20.3. The second kappa shape index (κ2) is 7.96. The molecule has 0 radical (unpaired) electrons. The van der Waals surface area contributed by atoms with Gasteiger partial charge in [0.15, 0.2) is 0 Å². The summed E-state index contributed by atoms with van der Waals surface area (Å²) >= 11 is 0. The molecule has 0 heterocycles. The van der Waals surface area contributed by atoms with Gasteiger partial charge in [0, 0.05) is 5.56 Å². The van der Waals surface area contributed by atoms with Gasteiger partial charge in [-0.3, -0.25) is 4.79 Å². The van der Waals surface area contributed by atoms with Crippen LogP contribution < -0.4 is 5.32 Å². The second-order valence-electron chi connectivity index (χ2n) is 5.65. The van der Waals surface area contributed by atoms with E-state index in [1.54, 1.807) is 13.8 Å². The molecule has 146 valence electrons. The number of benzene rings is 1. The van der Waals surface area contributed by atoms with Crippen molar-refractivity contribution < 1.29 is 40.7 Å². The van der Waals surface area contributed by atoms with Gasteiger partial charge in [-0.2, -0.15) is 26.3 Å². The third-order valence-electron chi connectivity index (χ3n) is 3.80. The van der Waals surface area contributed by atoms with Gasteiger partial charge in [0.1, 0.15) is 6.04 Å². The van der Waals surface area contributed by atoms with E-state index in [0.717, 1.165) is 7.11 Å². The fraction of sp³-hybridized carbons (Fsp3) is 0.500. The van der Waals surface area contributed by atoms with Crippen LogP contribution in [-0.4, -0.2) is 25.0 Å². The Morgan fingerprint density at radius 2 is 1.50 bits per heavy atom. The lowest BCUT2D eigenvalue weighted by atomic mass is 9.98. The molecule has 4 nitrogen and oxygen atoms in total. The zero-order valence-corrected chi connectivity index (χ0v) is 14.1. The van der Waals surface area contributed by atoms with Gasteiger partial charge in [-0.1, -0.05) is 20.3 Å². The van der Waals surface area contributed by atoms with E-state index in [0.29, 0.717) is 18.6 Å². The summed E-state index contributed by atoms with van der Waals surface area (Å²) < 4.78 is 81.6. The van der Waals surface area contributed by atoms with Crippen molar-refractivity contribution in [1.82, 2.24) is 5.32 Å². The minimum Gasteiger partial charge on any atom is -0.467 e. The van der Waals surface area contributed by atoms with Crippen molar-refractivity contribution in [1.29, 1.82) is 0 Å². The number of hydrogen-bond acceptors (Lipinski definition) is 3. The number of alkyl halides is 6. The lowest BCUT2D eigenvalue weighted by Crippen LogP contribution is -2.45. The van der Waals surface area contributed by atoms with Gasteiger partial charge in [-0.15, -0.1) is 0 Å². The van der Waals surface area contributed by atoms with Crippen molar-refractivity contribution in [2.45, 2.75) is 38.7 Å². The van der Waals surface area contributed by atoms with Gasteiger partial charge in [0.05, 0.1) is 18.2 Å². The quantitative estimate of drug-likeness (QED) is 0.615. The summed E-state index contributed by atoms with van der Waals surface area (Å²) in [4.78, 5) is 23.9. The molecule has 1 amide bonds. The van der Waals surface area contributed by atoms with E-state index < -0.39 is 52.9 Å². The van der Waals surface area contributed by atoms with Crippen molar-refractivity contribution in [2.75, 3.05) is 7.11 Å². The van der Waals surface area contributed by atoms with Crippen LogP contribution in [-0.2, 0) is 21.9 Å². The molecule has 0 aliphatic heterocycles. The molecular weight excluding hydrogens is 368 g/mol. The molecule has 1 N–H and O–H groups in total. The van der Waals surface area contributed by atoms with Crippen LogP contribution in [0.3, 0.4) is 0 Å². The summed E-state index contributed by atoms with van der Waals surface area (Å²) in [6, 6.07) is -0.685. The summed E-state index contributed by atoms with van der Waals surface area (Å²) in [5, 5.41) is 2.14. The van der Waals surface area contributed by atoms with Crippen LogP contribution in [0.4, 0.5) is 26.3 Å². The largest absolute Gasteiger partial charge is 0.467 e. The molecule has 0 fully saturated rings. The van der Waals surface area contributed by atoms with Crippen molar-refractivity contribution >= 4 is 11.9 Å². The fourth-order valence-corrected chi connectivity index (χ4v) is 2.11. The van der Waals surface area contributed by atoms with E-state index in [1.165, 1.54) is 0 Å². The molecule has 1 rings (SSSR count). The lowest BCUT2D eigenvalue weighted by Gasteiger charge is -2.22. The number of methoxy groups -OCH3 is 1. The Balaban J connectivity index is 3.31. The fourth-order valence-electron chi connectivity index (χ4n) is 2.11. The van der Waals surface area contributed by atoms with E-state index in [2.05, 4.69) is 10.1 Å². The van der Waals surface area contributed by atoms with Crippen LogP contribution in [0.15, 0.2) is 18.2 Å². The smallest absolute Gasteiger partial charge is 0.416 e. The van der Waals surface area contributed by atoms with Crippen LogP contribution >= 0.6 is 0 Å². The normalized spacial score (nSPS) is 14.5. The van der Waals surface area contributed by atoms with Gasteiger partial charge >= 0.3 is 18.3 Å². The number of halogens is 6. The van der Waals surface area contributed by atoms with Crippen LogP contribution in [0, 0.1) is 5.92 Å². The predicted octanol–water partition coefficient (Wildman–Crippen LogP) is 4.04. The number of carbonyl (C=O) groups excluding carboxylic acids is 2. The maximum absolute atomic E-state index is 12.9. The average molecular weight is 385 g/mol. The number of amides is 1. The Bertz CT molecular complexity index is 637. The third-order valence-corrected chi connectivity index (χ3v) is 3.80. The van der Waals surface area contributed by atoms with E-state index in [1.807, 2.05) is 0 Å². The highest BCUT2D eigenvalue weighted by Gasteiger charge is 2.38. The van der Waals surface area contributed by atoms with Gasteiger partial charge in [0.25, 0.3) is 5.91 Å². The number of rotatable bonds is 5. The first kappa shape index (κ1) is 21.8. The maximum Gasteiger partial charge on any atom is 0.416 e. The molecule has 1 aromatic rings. The number of esters is 1. The molecule has 0 aromatic heterocycles. The van der Waals surface area contributed by atoms with Crippen LogP contribution in [0.1, 0.15) is 41.8 Å². The standard InChI is InChI=1S/C16H17F6NO3/c1-4-8(2)12(14(25)26-3)23-13(24)9-5-10(15(17,18)19)7-11(6-9)16(20,21)22/h5-8,12H,4H2,1-3H3,(H,23,24)/t8-,12-/m0/s1. The SMILES string of the molecule is CC[C@H](C)[C@H](NC(=O)c1cc(C(F)(F)F)cc(C(F)(F)F)c1)C(=O)OC. The molecular formula is C16H17F6NO3. The topological polar surface area (TPSA) is 55.4 Å². The first-order valence-electron chi connectivity index (χ1n) is 7.49. The maximum atomic E-state index is 12.9.